The van der Waals surface area contributed by atoms with Gasteiger partial charge in [0, 0.05) is 10.9 Å². The van der Waals surface area contributed by atoms with Gasteiger partial charge < -0.3 is 14.5 Å². The molecule has 1 aromatic carbocycles. The molecule has 1 unspecified atom stereocenters. The van der Waals surface area contributed by atoms with E-state index in [0.717, 1.165) is 23.3 Å². The average molecular weight is 279 g/mol. The van der Waals surface area contributed by atoms with Crippen LogP contribution >= 0.6 is 0 Å². The van der Waals surface area contributed by atoms with Crippen LogP contribution in [-0.2, 0) is 4.74 Å². The highest BCUT2D eigenvalue weighted by Gasteiger charge is 2.20. The molecule has 2 aromatic rings. The maximum absolute atomic E-state index is 13.3. The second kappa shape index (κ2) is 6.37. The first-order chi connectivity index (χ1) is 9.52. The van der Waals surface area contributed by atoms with Gasteiger partial charge >= 0.3 is 0 Å². The Bertz CT molecular complexity index is 577. The molecule has 0 aliphatic heterocycles. The van der Waals surface area contributed by atoms with Gasteiger partial charge in [-0.15, -0.1) is 0 Å². The van der Waals surface area contributed by atoms with Crippen molar-refractivity contribution in [3.63, 3.8) is 0 Å². The highest BCUT2D eigenvalue weighted by Crippen LogP contribution is 2.30. The fraction of sp³-hybridized carbons (Fsp3) is 0.500. The van der Waals surface area contributed by atoms with Crippen LogP contribution in [0.4, 0.5) is 4.39 Å². The minimum absolute atomic E-state index is 0.0159. The van der Waals surface area contributed by atoms with Crippen LogP contribution in [0, 0.1) is 12.7 Å². The third-order valence-corrected chi connectivity index (χ3v) is 3.30. The summed E-state index contributed by atoms with van der Waals surface area (Å²) in [6, 6.07) is 4.59. The van der Waals surface area contributed by atoms with Crippen molar-refractivity contribution in [3.05, 3.63) is 35.3 Å². The van der Waals surface area contributed by atoms with Crippen LogP contribution in [0.5, 0.6) is 0 Å². The molecule has 1 N–H and O–H groups in total. The van der Waals surface area contributed by atoms with Crippen molar-refractivity contribution in [2.75, 3.05) is 13.2 Å². The van der Waals surface area contributed by atoms with Gasteiger partial charge in [0.05, 0.1) is 18.8 Å². The van der Waals surface area contributed by atoms with E-state index in [2.05, 4.69) is 5.32 Å². The number of nitrogens with one attached hydrogen (secondary N) is 1. The Morgan fingerprint density at radius 1 is 1.35 bits per heavy atom. The van der Waals surface area contributed by atoms with Crippen LogP contribution in [0.3, 0.4) is 0 Å². The highest BCUT2D eigenvalue weighted by molar-refractivity contribution is 5.82. The fourth-order valence-corrected chi connectivity index (χ4v) is 2.31. The summed E-state index contributed by atoms with van der Waals surface area (Å²) in [7, 11) is 0. The average Bonchev–Trinajstić information content (AvgIpc) is 2.72. The van der Waals surface area contributed by atoms with Gasteiger partial charge in [-0.05, 0) is 45.5 Å². The van der Waals surface area contributed by atoms with E-state index in [1.54, 1.807) is 6.07 Å². The Morgan fingerprint density at radius 2 is 2.10 bits per heavy atom. The monoisotopic (exact) mass is 279 g/mol. The molecule has 0 fully saturated rings. The summed E-state index contributed by atoms with van der Waals surface area (Å²) in [5.41, 5.74) is 1.68. The van der Waals surface area contributed by atoms with Crippen LogP contribution in [0.1, 0.15) is 38.1 Å². The zero-order chi connectivity index (χ0) is 14.7. The molecule has 0 bridgehead atoms. The number of likely N-dealkylation sites (N-methyl/N-ethyl adjacent to an activating group) is 1. The molecular weight excluding hydrogens is 257 g/mol. The van der Waals surface area contributed by atoms with Crippen molar-refractivity contribution in [3.8, 4) is 0 Å². The Balaban J connectivity index is 2.34. The zero-order valence-corrected chi connectivity index (χ0v) is 12.5. The van der Waals surface area contributed by atoms with E-state index in [4.69, 9.17) is 9.15 Å². The first-order valence-electron chi connectivity index (χ1n) is 7.06. The second-order valence-corrected chi connectivity index (χ2v) is 5.22. The lowest BCUT2D eigenvalue weighted by atomic mass is 10.1. The number of rotatable bonds is 6. The highest BCUT2D eigenvalue weighted by atomic mass is 19.1. The zero-order valence-electron chi connectivity index (χ0n) is 12.5. The van der Waals surface area contributed by atoms with Gasteiger partial charge in [0.1, 0.15) is 17.2 Å². The number of aryl methyl sites for hydroxylation is 1. The molecule has 0 aliphatic rings. The van der Waals surface area contributed by atoms with Crippen molar-refractivity contribution < 1.29 is 13.5 Å². The molecule has 0 saturated heterocycles. The number of furan rings is 1. The molecule has 1 aromatic heterocycles. The molecular formula is C16H22FNO2. The predicted octanol–water partition coefficient (Wildman–Crippen LogP) is 3.96. The number of hydrogen-bond donors (Lipinski definition) is 1. The summed E-state index contributed by atoms with van der Waals surface area (Å²) >= 11 is 0. The molecule has 4 heteroatoms. The van der Waals surface area contributed by atoms with Gasteiger partial charge in [-0.1, -0.05) is 6.92 Å². The second-order valence-electron chi connectivity index (χ2n) is 5.22. The Morgan fingerprint density at radius 3 is 2.75 bits per heavy atom. The summed E-state index contributed by atoms with van der Waals surface area (Å²) in [6.07, 6.45) is 0.165. The molecule has 1 heterocycles. The van der Waals surface area contributed by atoms with Crippen molar-refractivity contribution in [1.82, 2.24) is 5.32 Å². The van der Waals surface area contributed by atoms with E-state index in [0.29, 0.717) is 12.2 Å². The summed E-state index contributed by atoms with van der Waals surface area (Å²) < 4.78 is 24.9. The number of fused-ring (bicyclic) bond motifs is 1. The molecule has 1 atom stereocenters. The maximum Gasteiger partial charge on any atom is 0.134 e. The molecule has 3 nitrogen and oxygen atoms in total. The van der Waals surface area contributed by atoms with Crippen molar-refractivity contribution in [1.29, 1.82) is 0 Å². The summed E-state index contributed by atoms with van der Waals surface area (Å²) in [5, 5.41) is 4.18. The number of halogens is 1. The number of hydrogen-bond acceptors (Lipinski definition) is 3. The van der Waals surface area contributed by atoms with Gasteiger partial charge in [0.2, 0.25) is 0 Å². The standard InChI is InChI=1S/C16H22FNO2/c1-5-18-14(9-19-10(2)3)16-11(4)13-8-12(17)6-7-15(13)20-16/h6-8,10,14,18H,5,9H2,1-4H3. The third kappa shape index (κ3) is 3.19. The fourth-order valence-electron chi connectivity index (χ4n) is 2.31. The normalized spacial score (nSPS) is 13.3. The summed E-state index contributed by atoms with van der Waals surface area (Å²) in [5.74, 6) is 0.583. The maximum atomic E-state index is 13.3. The molecule has 0 aliphatic carbocycles. The minimum Gasteiger partial charge on any atom is -0.459 e. The largest absolute Gasteiger partial charge is 0.459 e. The first-order valence-corrected chi connectivity index (χ1v) is 7.06. The molecule has 0 amide bonds. The van der Waals surface area contributed by atoms with Crippen LogP contribution in [-0.4, -0.2) is 19.3 Å². The smallest absolute Gasteiger partial charge is 0.134 e. The van der Waals surface area contributed by atoms with E-state index in [1.165, 1.54) is 12.1 Å². The van der Waals surface area contributed by atoms with E-state index < -0.39 is 0 Å². The van der Waals surface area contributed by atoms with Crippen LogP contribution < -0.4 is 5.32 Å². The van der Waals surface area contributed by atoms with E-state index >= 15 is 0 Å². The van der Waals surface area contributed by atoms with Crippen molar-refractivity contribution in [2.24, 2.45) is 0 Å². The summed E-state index contributed by atoms with van der Waals surface area (Å²) in [6.45, 7) is 9.36. The topological polar surface area (TPSA) is 34.4 Å². The lowest BCUT2D eigenvalue weighted by Gasteiger charge is -2.18. The van der Waals surface area contributed by atoms with Gasteiger partial charge in [0.25, 0.3) is 0 Å². The number of benzene rings is 1. The molecule has 0 spiro atoms. The van der Waals surface area contributed by atoms with Crippen LogP contribution in [0.25, 0.3) is 11.0 Å². The molecule has 20 heavy (non-hydrogen) atoms. The minimum atomic E-state index is -0.244. The summed E-state index contributed by atoms with van der Waals surface area (Å²) in [4.78, 5) is 0. The predicted molar refractivity (Wildman–Crippen MR) is 78.4 cm³/mol. The molecule has 0 radical (unpaired) electrons. The Kier molecular flexibility index (Phi) is 4.78. The van der Waals surface area contributed by atoms with E-state index in [1.807, 2.05) is 27.7 Å². The van der Waals surface area contributed by atoms with E-state index in [9.17, 15) is 4.39 Å². The lowest BCUT2D eigenvalue weighted by Crippen LogP contribution is -2.26. The van der Waals surface area contributed by atoms with Crippen molar-refractivity contribution >= 4 is 11.0 Å². The van der Waals surface area contributed by atoms with Gasteiger partial charge in [0.15, 0.2) is 0 Å². The molecule has 2 rings (SSSR count). The SMILES string of the molecule is CCNC(COC(C)C)c1oc2ccc(F)cc2c1C. The lowest BCUT2D eigenvalue weighted by molar-refractivity contribution is 0.0573. The van der Waals surface area contributed by atoms with Crippen LogP contribution in [0.2, 0.25) is 0 Å². The first kappa shape index (κ1) is 15.0. The molecule has 0 saturated carbocycles. The third-order valence-electron chi connectivity index (χ3n) is 3.30. The van der Waals surface area contributed by atoms with Crippen LogP contribution in [0.15, 0.2) is 22.6 Å². The number of ether oxygens (including phenoxy) is 1. The van der Waals surface area contributed by atoms with Gasteiger partial charge in [-0.2, -0.15) is 0 Å². The quantitative estimate of drug-likeness (QED) is 0.869. The Labute approximate surface area is 119 Å². The van der Waals surface area contributed by atoms with E-state index in [-0.39, 0.29) is 18.0 Å². The van der Waals surface area contributed by atoms with Gasteiger partial charge in [-0.25, -0.2) is 4.39 Å². The Hall–Kier alpha value is -1.39. The molecule has 110 valence electrons. The van der Waals surface area contributed by atoms with Gasteiger partial charge in [-0.3, -0.25) is 0 Å². The van der Waals surface area contributed by atoms with Crippen molar-refractivity contribution in [2.45, 2.75) is 39.8 Å².